The third kappa shape index (κ3) is 3.60. The van der Waals surface area contributed by atoms with Gasteiger partial charge >= 0.3 is 0 Å². The van der Waals surface area contributed by atoms with E-state index in [4.69, 9.17) is 16.3 Å². The topological polar surface area (TPSA) is 92.8 Å². The molecule has 0 radical (unpaired) electrons. The monoisotopic (exact) mass is 460 g/mol. The third-order valence-electron chi connectivity index (χ3n) is 5.82. The number of hydrogen-bond acceptors (Lipinski definition) is 4. The molecule has 0 aliphatic rings. The van der Waals surface area contributed by atoms with Gasteiger partial charge in [0.15, 0.2) is 5.78 Å². The first-order chi connectivity index (χ1) is 16.0. The summed E-state index contributed by atoms with van der Waals surface area (Å²) in [5.41, 5.74) is 1.66. The first kappa shape index (κ1) is 21.0. The molecule has 1 atom stereocenters. The number of carbonyl (C=O) groups excluding carboxylic acids is 1. The minimum atomic E-state index is -0.274. The molecule has 0 amide bonds. The fourth-order valence-electron chi connectivity index (χ4n) is 3.86. The van der Waals surface area contributed by atoms with Gasteiger partial charge in [0.2, 0.25) is 0 Å². The third-order valence-corrected chi connectivity index (χ3v) is 6.14. The summed E-state index contributed by atoms with van der Waals surface area (Å²) in [6, 6.07) is 14.3. The number of pyridine rings is 1. The Balaban J connectivity index is 1.57. The van der Waals surface area contributed by atoms with E-state index in [-0.39, 0.29) is 22.4 Å². The lowest BCUT2D eigenvalue weighted by Gasteiger charge is -2.09. The van der Waals surface area contributed by atoms with Crippen molar-refractivity contribution in [2.45, 2.75) is 26.3 Å². The number of aromatic amines is 2. The molecule has 3 heterocycles. The molecule has 5 aromatic rings. The van der Waals surface area contributed by atoms with Gasteiger partial charge in [-0.25, -0.2) is 9.67 Å². The fourth-order valence-corrected chi connectivity index (χ4v) is 4.12. The molecule has 0 aliphatic carbocycles. The van der Waals surface area contributed by atoms with Crippen LogP contribution >= 0.6 is 11.6 Å². The highest BCUT2D eigenvalue weighted by molar-refractivity contribution is 6.36. The minimum Gasteiger partial charge on any atom is -0.457 e. The van der Waals surface area contributed by atoms with E-state index >= 15 is 0 Å². The van der Waals surface area contributed by atoms with Gasteiger partial charge in [-0.3, -0.25) is 14.7 Å². The van der Waals surface area contributed by atoms with Crippen LogP contribution in [0.1, 0.15) is 42.2 Å². The molecular formula is C25H21ClN4O3. The zero-order valence-electron chi connectivity index (χ0n) is 18.1. The molecule has 0 bridgehead atoms. The number of aromatic nitrogens is 4. The lowest BCUT2D eigenvalue weighted by atomic mass is 10.0. The molecule has 2 N–H and O–H groups in total. The normalized spacial score (nSPS) is 12.3. The lowest BCUT2D eigenvalue weighted by Crippen LogP contribution is -2.19. The fraction of sp³-hybridized carbons (Fsp3) is 0.160. The van der Waals surface area contributed by atoms with Crippen molar-refractivity contribution in [1.29, 1.82) is 0 Å². The second-order valence-corrected chi connectivity index (χ2v) is 8.31. The van der Waals surface area contributed by atoms with Crippen LogP contribution in [0.25, 0.3) is 21.9 Å². The number of ether oxygens (including phenoxy) is 1. The number of halogens is 1. The molecule has 0 unspecified atom stereocenters. The quantitative estimate of drug-likeness (QED) is 0.311. The standard InChI is InChI=1S/C25H21ClN4O3/c1-3-14(2)30-25(32)19-13-28-24-21(22(19)29-30)18(12-27-24)23(31)17-10-9-16(11-20(17)26)33-15-7-5-4-6-8-15/h4-14,29H,3H2,1-2H3,(H,27,28)/t14-/m1/s1. The summed E-state index contributed by atoms with van der Waals surface area (Å²) in [4.78, 5) is 33.7. The summed E-state index contributed by atoms with van der Waals surface area (Å²) >= 11 is 6.48. The molecule has 166 valence electrons. The predicted molar refractivity (Wildman–Crippen MR) is 129 cm³/mol. The van der Waals surface area contributed by atoms with Gasteiger partial charge in [-0.1, -0.05) is 36.7 Å². The van der Waals surface area contributed by atoms with Crippen molar-refractivity contribution in [1.82, 2.24) is 19.7 Å². The van der Waals surface area contributed by atoms with Crippen LogP contribution in [0.2, 0.25) is 5.02 Å². The maximum Gasteiger partial charge on any atom is 0.276 e. The van der Waals surface area contributed by atoms with E-state index in [2.05, 4.69) is 15.1 Å². The summed E-state index contributed by atoms with van der Waals surface area (Å²) < 4.78 is 7.39. The van der Waals surface area contributed by atoms with E-state index in [0.29, 0.717) is 44.6 Å². The van der Waals surface area contributed by atoms with Crippen LogP contribution < -0.4 is 10.3 Å². The van der Waals surface area contributed by atoms with Crippen LogP contribution in [0.4, 0.5) is 0 Å². The van der Waals surface area contributed by atoms with Crippen LogP contribution in [0, 0.1) is 0 Å². The summed E-state index contributed by atoms with van der Waals surface area (Å²) in [6.45, 7) is 3.97. The Hall–Kier alpha value is -3.84. The predicted octanol–water partition coefficient (Wildman–Crippen LogP) is 5.85. The van der Waals surface area contributed by atoms with Crippen molar-refractivity contribution < 1.29 is 9.53 Å². The van der Waals surface area contributed by atoms with Gasteiger partial charge in [0.1, 0.15) is 17.1 Å². The Morgan fingerprint density at radius 2 is 1.94 bits per heavy atom. The number of H-pyrrole nitrogens is 2. The van der Waals surface area contributed by atoms with E-state index < -0.39 is 0 Å². The Labute approximate surface area is 194 Å². The molecule has 0 saturated heterocycles. The van der Waals surface area contributed by atoms with E-state index in [1.165, 1.54) is 6.20 Å². The zero-order chi connectivity index (χ0) is 23.1. The molecule has 8 heteroatoms. The largest absolute Gasteiger partial charge is 0.457 e. The molecule has 0 fully saturated rings. The number of fused-ring (bicyclic) bond motifs is 3. The number of para-hydroxylation sites is 1. The Bertz CT molecular complexity index is 1550. The van der Waals surface area contributed by atoms with E-state index in [9.17, 15) is 9.59 Å². The van der Waals surface area contributed by atoms with E-state index in [1.807, 2.05) is 44.2 Å². The zero-order valence-corrected chi connectivity index (χ0v) is 18.8. The first-order valence-electron chi connectivity index (χ1n) is 10.7. The summed E-state index contributed by atoms with van der Waals surface area (Å²) in [6.07, 6.45) is 3.92. The minimum absolute atomic E-state index is 0.00959. The molecule has 0 saturated carbocycles. The van der Waals surface area contributed by atoms with Crippen LogP contribution in [0.5, 0.6) is 11.5 Å². The Morgan fingerprint density at radius 3 is 2.67 bits per heavy atom. The van der Waals surface area contributed by atoms with Crippen molar-refractivity contribution in [3.05, 3.63) is 87.4 Å². The second kappa shape index (κ2) is 8.26. The SMILES string of the molecule is CC[C@@H](C)n1[nH]c2c(cnc3[nH]cc(C(=O)c4ccc(Oc5ccccc5)cc4Cl)c32)c1=O. The molecule has 0 aliphatic heterocycles. The molecule has 0 spiro atoms. The van der Waals surface area contributed by atoms with Gasteiger partial charge in [0.05, 0.1) is 32.9 Å². The van der Waals surface area contributed by atoms with E-state index in [0.717, 1.165) is 6.42 Å². The van der Waals surface area contributed by atoms with Gasteiger partial charge in [-0.05, 0) is 37.6 Å². The lowest BCUT2D eigenvalue weighted by molar-refractivity contribution is 0.104. The first-order valence-corrected chi connectivity index (χ1v) is 11.0. The van der Waals surface area contributed by atoms with Crippen molar-refractivity contribution in [2.24, 2.45) is 0 Å². The molecular weight excluding hydrogens is 440 g/mol. The van der Waals surface area contributed by atoms with Gasteiger partial charge < -0.3 is 9.72 Å². The van der Waals surface area contributed by atoms with Gasteiger partial charge in [0, 0.05) is 24.0 Å². The summed E-state index contributed by atoms with van der Waals surface area (Å²) in [5, 5.41) is 4.46. The number of nitrogens with one attached hydrogen (secondary N) is 2. The number of hydrogen-bond donors (Lipinski definition) is 2. The summed E-state index contributed by atoms with van der Waals surface area (Å²) in [7, 11) is 0. The van der Waals surface area contributed by atoms with E-state index in [1.54, 1.807) is 29.1 Å². The highest BCUT2D eigenvalue weighted by Crippen LogP contribution is 2.31. The maximum absolute atomic E-state index is 13.5. The van der Waals surface area contributed by atoms with Crippen molar-refractivity contribution in [3.8, 4) is 11.5 Å². The molecule has 5 rings (SSSR count). The number of carbonyl (C=O) groups is 1. The molecule has 33 heavy (non-hydrogen) atoms. The van der Waals surface area contributed by atoms with Crippen LogP contribution in [0.15, 0.2) is 65.7 Å². The number of rotatable bonds is 6. The highest BCUT2D eigenvalue weighted by Gasteiger charge is 2.22. The van der Waals surface area contributed by atoms with Gasteiger partial charge in [0.25, 0.3) is 5.56 Å². The van der Waals surface area contributed by atoms with Crippen molar-refractivity contribution in [3.63, 3.8) is 0 Å². The van der Waals surface area contributed by atoms with Crippen LogP contribution in [0.3, 0.4) is 0 Å². The van der Waals surface area contributed by atoms with Crippen LogP contribution in [-0.4, -0.2) is 25.5 Å². The van der Waals surface area contributed by atoms with Crippen molar-refractivity contribution >= 4 is 39.3 Å². The number of nitrogens with zero attached hydrogens (tertiary/aromatic N) is 2. The Kier molecular flexibility index (Phi) is 5.26. The van der Waals surface area contributed by atoms with Crippen LogP contribution in [-0.2, 0) is 0 Å². The smallest absolute Gasteiger partial charge is 0.276 e. The van der Waals surface area contributed by atoms with Gasteiger partial charge in [-0.2, -0.15) is 0 Å². The molecule has 2 aromatic carbocycles. The van der Waals surface area contributed by atoms with Gasteiger partial charge in [-0.15, -0.1) is 0 Å². The van der Waals surface area contributed by atoms with Crippen molar-refractivity contribution in [2.75, 3.05) is 0 Å². The molecule has 7 nitrogen and oxygen atoms in total. The average Bonchev–Trinajstić information content (AvgIpc) is 3.40. The summed E-state index contributed by atoms with van der Waals surface area (Å²) in [5.74, 6) is 0.928. The molecule has 3 aromatic heterocycles. The second-order valence-electron chi connectivity index (χ2n) is 7.90. The highest BCUT2D eigenvalue weighted by atomic mass is 35.5. The number of ketones is 1. The Morgan fingerprint density at radius 1 is 1.15 bits per heavy atom. The average molecular weight is 461 g/mol. The number of benzene rings is 2. The maximum atomic E-state index is 13.5.